The van der Waals surface area contributed by atoms with E-state index >= 15 is 0 Å². The summed E-state index contributed by atoms with van der Waals surface area (Å²) in [7, 11) is 0. The van der Waals surface area contributed by atoms with Crippen LogP contribution in [0.2, 0.25) is 0 Å². The van der Waals surface area contributed by atoms with E-state index in [4.69, 9.17) is 4.98 Å². The number of imide groups is 1. The van der Waals surface area contributed by atoms with Gasteiger partial charge in [0, 0.05) is 56.0 Å². The molecule has 3 N–H and O–H groups in total. The number of fused-ring (bicyclic) bond motifs is 1. The monoisotopic (exact) mass is 712 g/mol. The molecule has 0 saturated carbocycles. The molecule has 3 fully saturated rings. The maximum Gasteiger partial charge on any atom is 0.256 e. The van der Waals surface area contributed by atoms with Crippen LogP contribution in [0.1, 0.15) is 97.7 Å². The van der Waals surface area contributed by atoms with Crippen LogP contribution in [-0.2, 0) is 9.59 Å². The number of rotatable bonds is 15. The highest BCUT2D eigenvalue weighted by molar-refractivity contribution is 6.01. The molecule has 0 bridgehead atoms. The number of amides is 3. The molecule has 3 amide bonds. The lowest BCUT2D eigenvalue weighted by atomic mass is 9.91. The van der Waals surface area contributed by atoms with E-state index in [1.807, 2.05) is 17.0 Å². The number of anilines is 2. The topological polar surface area (TPSA) is 124 Å². The van der Waals surface area contributed by atoms with Gasteiger partial charge in [0.2, 0.25) is 11.8 Å². The zero-order valence-corrected chi connectivity index (χ0v) is 29.3. The second-order valence-corrected chi connectivity index (χ2v) is 14.2. The minimum absolute atomic E-state index is 0.207. The van der Waals surface area contributed by atoms with Crippen LogP contribution in [0.15, 0.2) is 60.9 Å². The van der Waals surface area contributed by atoms with Crippen molar-refractivity contribution in [3.63, 3.8) is 0 Å². The fourth-order valence-corrected chi connectivity index (χ4v) is 7.63. The van der Waals surface area contributed by atoms with Gasteiger partial charge < -0.3 is 20.4 Å². The molecule has 0 radical (unpaired) electrons. The molecule has 2 atom stereocenters. The van der Waals surface area contributed by atoms with E-state index in [1.165, 1.54) is 37.1 Å². The van der Waals surface area contributed by atoms with Crippen molar-refractivity contribution in [3.05, 3.63) is 89.2 Å². The van der Waals surface area contributed by atoms with Crippen molar-refractivity contribution >= 4 is 34.9 Å². The van der Waals surface area contributed by atoms with Crippen LogP contribution in [0.5, 0.6) is 0 Å². The Morgan fingerprint density at radius 1 is 0.942 bits per heavy atom. The molecule has 52 heavy (non-hydrogen) atoms. The van der Waals surface area contributed by atoms with Crippen LogP contribution < -0.4 is 20.9 Å². The van der Waals surface area contributed by atoms with Gasteiger partial charge in [-0.05, 0) is 80.6 Å². The van der Waals surface area contributed by atoms with Crippen molar-refractivity contribution in [2.24, 2.45) is 0 Å². The molecule has 2 aromatic heterocycles. The summed E-state index contributed by atoms with van der Waals surface area (Å²) in [5.74, 6) is -0.449. The van der Waals surface area contributed by atoms with Gasteiger partial charge in [0.25, 0.3) is 5.91 Å². The molecule has 2 aromatic carbocycles. The van der Waals surface area contributed by atoms with Crippen molar-refractivity contribution in [1.29, 1.82) is 0 Å². The Bertz CT molecular complexity index is 1890. The molecule has 0 aliphatic carbocycles. The van der Waals surface area contributed by atoms with Crippen LogP contribution >= 0.6 is 0 Å². The zero-order chi connectivity index (χ0) is 36.0. The molecule has 11 nitrogen and oxygen atoms in total. The molecule has 3 aliphatic heterocycles. The van der Waals surface area contributed by atoms with Crippen LogP contribution in [0.25, 0.3) is 5.65 Å². The molecule has 3 saturated heterocycles. The summed E-state index contributed by atoms with van der Waals surface area (Å²) < 4.78 is 30.1. The molecular weight excluding hydrogens is 666 g/mol. The molecule has 5 heterocycles. The van der Waals surface area contributed by atoms with Gasteiger partial charge in [-0.2, -0.15) is 5.10 Å². The Morgan fingerprint density at radius 2 is 1.73 bits per heavy atom. The highest BCUT2D eigenvalue weighted by atomic mass is 19.1. The molecule has 4 aromatic rings. The van der Waals surface area contributed by atoms with E-state index in [9.17, 15) is 23.2 Å². The average molecular weight is 713 g/mol. The van der Waals surface area contributed by atoms with Crippen molar-refractivity contribution in [3.8, 4) is 0 Å². The van der Waals surface area contributed by atoms with Gasteiger partial charge in [0.1, 0.15) is 29.1 Å². The summed E-state index contributed by atoms with van der Waals surface area (Å²) in [4.78, 5) is 45.7. The maximum absolute atomic E-state index is 14.6. The Kier molecular flexibility index (Phi) is 11.0. The Morgan fingerprint density at radius 3 is 2.54 bits per heavy atom. The third-order valence-electron chi connectivity index (χ3n) is 10.6. The van der Waals surface area contributed by atoms with E-state index < -0.39 is 11.6 Å². The highest BCUT2D eigenvalue weighted by Gasteiger charge is 2.31. The Hall–Kier alpha value is -4.91. The summed E-state index contributed by atoms with van der Waals surface area (Å²) in [6, 6.07) is 13.0. The average Bonchev–Trinajstić information content (AvgIpc) is 3.78. The predicted octanol–water partition coefficient (Wildman–Crippen LogP) is 5.74. The predicted molar refractivity (Wildman–Crippen MR) is 194 cm³/mol. The first-order valence-corrected chi connectivity index (χ1v) is 18.6. The standard InChI is InChI=1S/C39H46F2N8O3/c40-28-11-14-32(41)30(22-28)34-8-7-20-48(34)35-17-21-49-37(45-35)31(23-43-49)38(51)42-18-5-3-1-2-4-6-19-47-24-27(25-47)26-9-12-29(13-10-26)44-33-15-16-36(50)46-39(33)52/h9-14,17,21-23,27,33-34,44H,1-8,15-16,18-20,24-25H2,(H,42,51)(H,46,50,52). The van der Waals surface area contributed by atoms with E-state index in [2.05, 4.69) is 38.1 Å². The van der Waals surface area contributed by atoms with E-state index in [0.717, 1.165) is 63.1 Å². The number of hydrogen-bond acceptors (Lipinski definition) is 8. The summed E-state index contributed by atoms with van der Waals surface area (Å²) >= 11 is 0. The Balaban J connectivity index is 0.771. The van der Waals surface area contributed by atoms with Gasteiger partial charge in [-0.3, -0.25) is 19.7 Å². The number of aromatic nitrogens is 3. The van der Waals surface area contributed by atoms with Gasteiger partial charge >= 0.3 is 0 Å². The number of nitrogens with one attached hydrogen (secondary N) is 3. The Labute approximate surface area is 302 Å². The number of carbonyl (C=O) groups is 3. The third-order valence-corrected chi connectivity index (χ3v) is 10.6. The smallest absolute Gasteiger partial charge is 0.256 e. The first kappa shape index (κ1) is 35.5. The van der Waals surface area contributed by atoms with Gasteiger partial charge in [0.15, 0.2) is 5.65 Å². The van der Waals surface area contributed by atoms with Crippen LogP contribution in [0.4, 0.5) is 20.3 Å². The number of carbonyl (C=O) groups excluding carboxylic acids is 3. The highest BCUT2D eigenvalue weighted by Crippen LogP contribution is 2.37. The second kappa shape index (κ2) is 16.2. The fraction of sp³-hybridized carbons (Fsp3) is 0.462. The SMILES string of the molecule is O=C1CCC(Nc2ccc(C3CN(CCCCCCCCNC(=O)c4cnn5ccc(N6CCCC6c6cc(F)ccc6F)nc45)C3)cc2)C(=O)N1. The minimum atomic E-state index is -0.469. The fourth-order valence-electron chi connectivity index (χ4n) is 7.63. The second-order valence-electron chi connectivity index (χ2n) is 14.2. The largest absolute Gasteiger partial charge is 0.374 e. The minimum Gasteiger partial charge on any atom is -0.374 e. The number of halogens is 2. The van der Waals surface area contributed by atoms with Crippen molar-refractivity contribution < 1.29 is 23.2 Å². The van der Waals surface area contributed by atoms with Crippen molar-refractivity contribution in [2.45, 2.75) is 82.2 Å². The maximum atomic E-state index is 14.6. The molecular formula is C39H46F2N8O3. The number of nitrogens with zero attached hydrogens (tertiary/aromatic N) is 5. The van der Waals surface area contributed by atoms with E-state index in [0.29, 0.717) is 60.9 Å². The van der Waals surface area contributed by atoms with Crippen LogP contribution in [0, 0.1) is 11.6 Å². The number of hydrogen-bond donors (Lipinski definition) is 3. The summed E-state index contributed by atoms with van der Waals surface area (Å²) in [6.45, 7) is 4.47. The van der Waals surface area contributed by atoms with E-state index in [1.54, 1.807) is 16.8 Å². The summed E-state index contributed by atoms with van der Waals surface area (Å²) in [5.41, 5.74) is 3.36. The molecule has 2 unspecified atom stereocenters. The zero-order valence-electron chi connectivity index (χ0n) is 29.3. The molecule has 7 rings (SSSR count). The summed E-state index contributed by atoms with van der Waals surface area (Å²) in [6.07, 6.45) is 12.3. The summed E-state index contributed by atoms with van der Waals surface area (Å²) in [5, 5.41) is 12.9. The van der Waals surface area contributed by atoms with Crippen LogP contribution in [-0.4, -0.2) is 76.0 Å². The number of benzene rings is 2. The van der Waals surface area contributed by atoms with Gasteiger partial charge in [-0.1, -0.05) is 37.8 Å². The first-order valence-electron chi connectivity index (χ1n) is 18.6. The van der Waals surface area contributed by atoms with Gasteiger partial charge in [-0.15, -0.1) is 0 Å². The number of likely N-dealkylation sites (tertiary alicyclic amines) is 1. The number of unbranched alkanes of at least 4 members (excludes halogenated alkanes) is 5. The van der Waals surface area contributed by atoms with Crippen molar-refractivity contribution in [2.75, 3.05) is 42.9 Å². The van der Waals surface area contributed by atoms with Gasteiger partial charge in [-0.25, -0.2) is 18.3 Å². The van der Waals surface area contributed by atoms with Crippen molar-refractivity contribution in [1.82, 2.24) is 30.1 Å². The van der Waals surface area contributed by atoms with Crippen LogP contribution in [0.3, 0.4) is 0 Å². The lowest BCUT2D eigenvalue weighted by Gasteiger charge is -2.39. The molecule has 0 spiro atoms. The molecule has 274 valence electrons. The first-order chi connectivity index (χ1) is 25.3. The molecule has 13 heteroatoms. The van der Waals surface area contributed by atoms with E-state index in [-0.39, 0.29) is 29.8 Å². The van der Waals surface area contributed by atoms with Gasteiger partial charge in [0.05, 0.1) is 12.2 Å². The molecule has 3 aliphatic rings. The third kappa shape index (κ3) is 8.25. The normalized spacial score (nSPS) is 19.5. The lowest BCUT2D eigenvalue weighted by molar-refractivity contribution is -0.133. The quantitative estimate of drug-likeness (QED) is 0.105. The number of piperidine rings is 1. The lowest BCUT2D eigenvalue weighted by Crippen LogP contribution is -2.47.